The average Bonchev–Trinajstić information content (AvgIpc) is 3.56. The minimum atomic E-state index is -0.911. The van der Waals surface area contributed by atoms with Gasteiger partial charge in [-0.1, -0.05) is 18.2 Å². The van der Waals surface area contributed by atoms with Crippen molar-refractivity contribution in [2.24, 2.45) is 0 Å². The van der Waals surface area contributed by atoms with Crippen LogP contribution in [0.2, 0.25) is 0 Å². The number of aromatic nitrogens is 2. The fourth-order valence-electron chi connectivity index (χ4n) is 5.98. The van der Waals surface area contributed by atoms with E-state index >= 15 is 0 Å². The third kappa shape index (κ3) is 3.35. The summed E-state index contributed by atoms with van der Waals surface area (Å²) in [4.78, 5) is 54.7. The summed E-state index contributed by atoms with van der Waals surface area (Å²) in [5.74, 6) is -0.594. The standard InChI is InChI=1S/C26H28N6O4/c1-29-10-9-19(14-29)32-21-6-4-3-5-20(21)31(25(32)36)15-22(33)27-18-8-7-16-12-26(13-17(16)11-18)23(34)28-24(35)30(26)2/h3-8,11,19H,9-10,12-15H2,1-2H3,(H,27,33)(H,28,34,35). The average molecular weight is 489 g/mol. The van der Waals surface area contributed by atoms with Crippen LogP contribution in [0.1, 0.15) is 23.6 Å². The molecule has 3 aliphatic rings. The van der Waals surface area contributed by atoms with Crippen molar-refractivity contribution in [1.29, 1.82) is 0 Å². The van der Waals surface area contributed by atoms with Crippen LogP contribution in [0.3, 0.4) is 0 Å². The summed E-state index contributed by atoms with van der Waals surface area (Å²) in [5, 5.41) is 5.30. The van der Waals surface area contributed by atoms with Crippen molar-refractivity contribution >= 4 is 34.6 Å². The fraction of sp³-hybridized carbons (Fsp3) is 0.385. The number of likely N-dealkylation sites (tertiary alicyclic amines) is 1. The lowest BCUT2D eigenvalue weighted by Gasteiger charge is -2.27. The van der Waals surface area contributed by atoms with E-state index in [0.29, 0.717) is 18.5 Å². The normalized spacial score (nSPS) is 23.6. The molecule has 2 aliphatic heterocycles. The maximum atomic E-state index is 13.4. The predicted octanol–water partition coefficient (Wildman–Crippen LogP) is 1.34. The number of carbonyl (C=O) groups excluding carboxylic acids is 3. The van der Waals surface area contributed by atoms with Gasteiger partial charge in [0.2, 0.25) is 5.91 Å². The van der Waals surface area contributed by atoms with Crippen molar-refractivity contribution in [1.82, 2.24) is 24.3 Å². The molecule has 1 aliphatic carbocycles. The van der Waals surface area contributed by atoms with E-state index in [2.05, 4.69) is 15.5 Å². The van der Waals surface area contributed by atoms with Gasteiger partial charge in [-0.15, -0.1) is 0 Å². The Bertz CT molecular complexity index is 1490. The van der Waals surface area contributed by atoms with Crippen LogP contribution < -0.4 is 16.3 Å². The molecule has 0 bridgehead atoms. The second kappa shape index (κ2) is 8.06. The number of imide groups is 1. The molecule has 2 atom stereocenters. The molecule has 6 rings (SSSR count). The lowest BCUT2D eigenvalue weighted by molar-refractivity contribution is -0.125. The number of likely N-dealkylation sites (N-methyl/N-ethyl adjacent to an activating group) is 2. The summed E-state index contributed by atoms with van der Waals surface area (Å²) in [6.45, 7) is 1.63. The van der Waals surface area contributed by atoms with E-state index in [1.165, 1.54) is 9.47 Å². The molecule has 10 heteroatoms. The zero-order valence-corrected chi connectivity index (χ0v) is 20.3. The zero-order chi connectivity index (χ0) is 25.2. The van der Waals surface area contributed by atoms with E-state index < -0.39 is 11.6 Å². The Morgan fingerprint density at radius 3 is 2.50 bits per heavy atom. The van der Waals surface area contributed by atoms with Crippen LogP contribution in [0, 0.1) is 0 Å². The van der Waals surface area contributed by atoms with Crippen LogP contribution in [-0.2, 0) is 29.0 Å². The van der Waals surface area contributed by atoms with Gasteiger partial charge in [0.15, 0.2) is 0 Å². The fourth-order valence-corrected chi connectivity index (χ4v) is 5.98. The summed E-state index contributed by atoms with van der Waals surface area (Å²) < 4.78 is 3.36. The van der Waals surface area contributed by atoms with Crippen molar-refractivity contribution < 1.29 is 14.4 Å². The number of anilines is 1. The monoisotopic (exact) mass is 488 g/mol. The number of carbonyl (C=O) groups is 3. The Kier molecular flexibility index (Phi) is 5.04. The first-order valence-electron chi connectivity index (χ1n) is 12.2. The van der Waals surface area contributed by atoms with Gasteiger partial charge in [-0.05, 0) is 55.4 Å². The molecule has 2 N–H and O–H groups in total. The molecular formula is C26H28N6O4. The first-order chi connectivity index (χ1) is 17.3. The van der Waals surface area contributed by atoms with E-state index in [0.717, 1.165) is 41.7 Å². The smallest absolute Gasteiger partial charge is 0.325 e. The van der Waals surface area contributed by atoms with Crippen LogP contribution >= 0.6 is 0 Å². The molecular weight excluding hydrogens is 460 g/mol. The molecule has 2 aromatic carbocycles. The number of urea groups is 1. The number of rotatable bonds is 4. The molecule has 2 saturated heterocycles. The Labute approximate surface area is 207 Å². The molecule has 10 nitrogen and oxygen atoms in total. The third-order valence-electron chi connectivity index (χ3n) is 7.95. The molecule has 2 unspecified atom stereocenters. The number of benzene rings is 2. The van der Waals surface area contributed by atoms with Crippen LogP contribution in [-0.4, -0.2) is 69.5 Å². The van der Waals surface area contributed by atoms with E-state index in [-0.39, 0.29) is 30.1 Å². The Morgan fingerprint density at radius 2 is 1.81 bits per heavy atom. The van der Waals surface area contributed by atoms with Crippen LogP contribution in [0.15, 0.2) is 47.3 Å². The van der Waals surface area contributed by atoms with E-state index in [4.69, 9.17) is 0 Å². The number of fused-ring (bicyclic) bond motifs is 2. The van der Waals surface area contributed by atoms with Crippen LogP contribution in [0.25, 0.3) is 11.0 Å². The van der Waals surface area contributed by atoms with Crippen molar-refractivity contribution in [2.45, 2.75) is 37.4 Å². The molecule has 0 saturated carbocycles. The summed E-state index contributed by atoms with van der Waals surface area (Å²) >= 11 is 0. The molecule has 1 aromatic heterocycles. The molecule has 1 spiro atoms. The highest BCUT2D eigenvalue weighted by atomic mass is 16.2. The number of hydrogen-bond donors (Lipinski definition) is 2. The molecule has 36 heavy (non-hydrogen) atoms. The van der Waals surface area contributed by atoms with E-state index in [1.54, 1.807) is 13.1 Å². The summed E-state index contributed by atoms with van der Waals surface area (Å²) in [5.41, 5.74) is 2.98. The Morgan fingerprint density at radius 1 is 1.06 bits per heavy atom. The summed E-state index contributed by atoms with van der Waals surface area (Å²) in [6, 6.07) is 12.8. The van der Waals surface area contributed by atoms with Crippen LogP contribution in [0.4, 0.5) is 10.5 Å². The molecule has 186 valence electrons. The molecule has 4 amide bonds. The Hall–Kier alpha value is -3.92. The van der Waals surface area contributed by atoms with Gasteiger partial charge in [-0.2, -0.15) is 0 Å². The number of nitrogens with zero attached hydrogens (tertiary/aromatic N) is 4. The highest BCUT2D eigenvalue weighted by Crippen LogP contribution is 2.38. The minimum Gasteiger partial charge on any atom is -0.325 e. The second-order valence-electron chi connectivity index (χ2n) is 10.2. The summed E-state index contributed by atoms with van der Waals surface area (Å²) in [7, 11) is 3.68. The van der Waals surface area contributed by atoms with Gasteiger partial charge in [0.25, 0.3) is 5.91 Å². The largest absolute Gasteiger partial charge is 0.329 e. The molecule has 2 fully saturated rings. The third-order valence-corrected chi connectivity index (χ3v) is 7.95. The zero-order valence-electron chi connectivity index (χ0n) is 20.3. The molecule has 3 heterocycles. The molecule has 3 aromatic rings. The van der Waals surface area contributed by atoms with Gasteiger partial charge in [-0.3, -0.25) is 24.0 Å². The summed E-state index contributed by atoms with van der Waals surface area (Å²) in [6.07, 6.45) is 1.73. The van der Waals surface area contributed by atoms with Crippen molar-refractivity contribution in [3.63, 3.8) is 0 Å². The number of nitrogens with one attached hydrogen (secondary N) is 2. The van der Waals surface area contributed by atoms with Crippen molar-refractivity contribution in [3.8, 4) is 0 Å². The van der Waals surface area contributed by atoms with Gasteiger partial charge in [0, 0.05) is 32.1 Å². The lowest BCUT2D eigenvalue weighted by atomic mass is 9.95. The minimum absolute atomic E-state index is 0.0820. The van der Waals surface area contributed by atoms with Gasteiger partial charge in [0.1, 0.15) is 12.1 Å². The first-order valence-corrected chi connectivity index (χ1v) is 12.2. The number of para-hydroxylation sites is 2. The van der Waals surface area contributed by atoms with Gasteiger partial charge in [-0.25, -0.2) is 9.59 Å². The molecule has 0 radical (unpaired) electrons. The van der Waals surface area contributed by atoms with Crippen molar-refractivity contribution in [2.75, 3.05) is 32.5 Å². The topological polar surface area (TPSA) is 109 Å². The van der Waals surface area contributed by atoms with E-state index in [9.17, 15) is 19.2 Å². The first kappa shape index (κ1) is 22.5. The SMILES string of the molecule is CN1CCC(n2c(=O)n(CC(=O)Nc3ccc4c(c3)CC3(C4)C(=O)NC(=O)N3C)c3ccccc32)C1. The predicted molar refractivity (Wildman–Crippen MR) is 134 cm³/mol. The highest BCUT2D eigenvalue weighted by Gasteiger charge is 2.54. The number of imidazole rings is 1. The van der Waals surface area contributed by atoms with Crippen molar-refractivity contribution in [3.05, 3.63) is 64.1 Å². The Balaban J connectivity index is 1.24. The quantitative estimate of drug-likeness (QED) is 0.539. The van der Waals surface area contributed by atoms with Crippen LogP contribution in [0.5, 0.6) is 0 Å². The van der Waals surface area contributed by atoms with Gasteiger partial charge < -0.3 is 15.1 Å². The highest BCUT2D eigenvalue weighted by molar-refractivity contribution is 6.07. The lowest BCUT2D eigenvalue weighted by Crippen LogP contribution is -2.48. The maximum Gasteiger partial charge on any atom is 0.329 e. The second-order valence-corrected chi connectivity index (χ2v) is 10.2. The van der Waals surface area contributed by atoms with Gasteiger partial charge >= 0.3 is 11.7 Å². The van der Waals surface area contributed by atoms with Gasteiger partial charge in [0.05, 0.1) is 17.1 Å². The number of amides is 4. The number of hydrogen-bond acceptors (Lipinski definition) is 5. The van der Waals surface area contributed by atoms with E-state index in [1.807, 2.05) is 48.0 Å². The maximum absolute atomic E-state index is 13.4.